The summed E-state index contributed by atoms with van der Waals surface area (Å²) in [6.45, 7) is 1.62. The Hall–Kier alpha value is -1.22. The Morgan fingerprint density at radius 1 is 1.62 bits per heavy atom. The molecule has 1 unspecified atom stereocenters. The van der Waals surface area contributed by atoms with Crippen molar-refractivity contribution in [1.29, 1.82) is 0 Å². The Kier molecular flexibility index (Phi) is 3.14. The Labute approximate surface area is 76.0 Å². The van der Waals surface area contributed by atoms with Crippen LogP contribution in [0.2, 0.25) is 0 Å². The highest BCUT2D eigenvalue weighted by atomic mass is 19.1. The molecule has 0 aliphatic heterocycles. The van der Waals surface area contributed by atoms with E-state index in [9.17, 15) is 9.18 Å². The monoisotopic (exact) mass is 182 g/mol. The average Bonchev–Trinajstić information content (AvgIpc) is 2.07. The summed E-state index contributed by atoms with van der Waals surface area (Å²) in [5, 5.41) is 9.09. The van der Waals surface area contributed by atoms with E-state index in [1.54, 1.807) is 6.92 Å². The average molecular weight is 182 g/mol. The predicted molar refractivity (Wildman–Crippen MR) is 47.2 cm³/mol. The molecule has 2 nitrogen and oxygen atoms in total. The Morgan fingerprint density at radius 3 is 2.85 bits per heavy atom. The number of carbonyl (C=O) groups excluding carboxylic acids is 1. The molecule has 1 aromatic carbocycles. The van der Waals surface area contributed by atoms with E-state index in [0.717, 1.165) is 0 Å². The van der Waals surface area contributed by atoms with Gasteiger partial charge in [-0.25, -0.2) is 4.39 Å². The minimum atomic E-state index is -0.524. The third-order valence-electron chi connectivity index (χ3n) is 1.75. The fourth-order valence-corrected chi connectivity index (χ4v) is 1.18. The standard InChI is InChI=1S/C10H11FO2/c1-7(13)4-8-2-3-10(11)5-9(8)6-12/h2-3,5-7,13H,4H2,1H3. The first-order valence-electron chi connectivity index (χ1n) is 4.05. The van der Waals surface area contributed by atoms with Crippen LogP contribution in [0.25, 0.3) is 0 Å². The van der Waals surface area contributed by atoms with Crippen LogP contribution in [-0.4, -0.2) is 17.5 Å². The molecule has 0 radical (unpaired) electrons. The number of rotatable bonds is 3. The largest absolute Gasteiger partial charge is 0.393 e. The molecule has 0 spiro atoms. The number of carbonyl (C=O) groups is 1. The van der Waals surface area contributed by atoms with Gasteiger partial charge in [-0.1, -0.05) is 6.07 Å². The van der Waals surface area contributed by atoms with Gasteiger partial charge in [0.25, 0.3) is 0 Å². The molecule has 0 bridgehead atoms. The molecule has 1 aromatic rings. The van der Waals surface area contributed by atoms with Crippen molar-refractivity contribution in [3.05, 3.63) is 35.1 Å². The highest BCUT2D eigenvalue weighted by Crippen LogP contribution is 2.11. The molecule has 1 N–H and O–H groups in total. The predicted octanol–water partition coefficient (Wildman–Crippen LogP) is 1.56. The minimum absolute atomic E-state index is 0.306. The van der Waals surface area contributed by atoms with E-state index < -0.39 is 11.9 Å². The molecule has 0 saturated carbocycles. The van der Waals surface area contributed by atoms with E-state index in [4.69, 9.17) is 5.11 Å². The summed E-state index contributed by atoms with van der Waals surface area (Å²) in [5.41, 5.74) is 0.979. The summed E-state index contributed by atoms with van der Waals surface area (Å²) >= 11 is 0. The maximum absolute atomic E-state index is 12.7. The van der Waals surface area contributed by atoms with Crippen LogP contribution >= 0.6 is 0 Å². The van der Waals surface area contributed by atoms with Crippen molar-refractivity contribution in [2.24, 2.45) is 0 Å². The van der Waals surface area contributed by atoms with Crippen molar-refractivity contribution < 1.29 is 14.3 Å². The molecule has 0 fully saturated rings. The highest BCUT2D eigenvalue weighted by Gasteiger charge is 2.05. The van der Waals surface area contributed by atoms with Gasteiger partial charge in [0.1, 0.15) is 12.1 Å². The summed E-state index contributed by atoms with van der Waals surface area (Å²) in [5.74, 6) is -0.434. The molecular formula is C10H11FO2. The normalized spacial score (nSPS) is 12.5. The SMILES string of the molecule is CC(O)Cc1ccc(F)cc1C=O. The van der Waals surface area contributed by atoms with Crippen molar-refractivity contribution in [1.82, 2.24) is 0 Å². The summed E-state index contributed by atoms with van der Waals surface area (Å²) < 4.78 is 12.7. The maximum atomic E-state index is 12.7. The smallest absolute Gasteiger partial charge is 0.150 e. The number of aldehydes is 1. The molecule has 0 aromatic heterocycles. The zero-order valence-electron chi connectivity index (χ0n) is 7.33. The number of halogens is 1. The second-order valence-electron chi connectivity index (χ2n) is 3.01. The first kappa shape index (κ1) is 9.86. The van der Waals surface area contributed by atoms with Gasteiger partial charge >= 0.3 is 0 Å². The Morgan fingerprint density at radius 2 is 2.31 bits per heavy atom. The van der Waals surface area contributed by atoms with Crippen LogP contribution in [0.15, 0.2) is 18.2 Å². The van der Waals surface area contributed by atoms with Crippen LogP contribution < -0.4 is 0 Å². The van der Waals surface area contributed by atoms with E-state index in [-0.39, 0.29) is 0 Å². The van der Waals surface area contributed by atoms with Crippen LogP contribution in [0.4, 0.5) is 4.39 Å². The fourth-order valence-electron chi connectivity index (χ4n) is 1.18. The van der Waals surface area contributed by atoms with E-state index in [1.165, 1.54) is 18.2 Å². The van der Waals surface area contributed by atoms with Gasteiger partial charge < -0.3 is 5.11 Å². The van der Waals surface area contributed by atoms with Crippen molar-refractivity contribution in [3.63, 3.8) is 0 Å². The Balaban J connectivity index is 2.99. The molecule has 1 atom stereocenters. The number of hydrogen-bond donors (Lipinski definition) is 1. The zero-order chi connectivity index (χ0) is 9.84. The topological polar surface area (TPSA) is 37.3 Å². The van der Waals surface area contributed by atoms with E-state index in [0.29, 0.717) is 23.8 Å². The van der Waals surface area contributed by atoms with Gasteiger partial charge in [0, 0.05) is 5.56 Å². The van der Waals surface area contributed by atoms with Crippen LogP contribution in [0.5, 0.6) is 0 Å². The van der Waals surface area contributed by atoms with Gasteiger partial charge in [0.05, 0.1) is 6.10 Å². The summed E-state index contributed by atoms with van der Waals surface area (Å²) in [6.07, 6.45) is 0.443. The van der Waals surface area contributed by atoms with Gasteiger partial charge in [-0.15, -0.1) is 0 Å². The second-order valence-corrected chi connectivity index (χ2v) is 3.01. The first-order valence-corrected chi connectivity index (χ1v) is 4.05. The molecule has 0 heterocycles. The van der Waals surface area contributed by atoms with Crippen LogP contribution in [-0.2, 0) is 6.42 Å². The fraction of sp³-hybridized carbons (Fsp3) is 0.300. The van der Waals surface area contributed by atoms with Crippen LogP contribution in [0.1, 0.15) is 22.8 Å². The Bertz CT molecular complexity index is 308. The number of aliphatic hydroxyl groups is 1. The lowest BCUT2D eigenvalue weighted by atomic mass is 10.0. The molecule has 0 amide bonds. The lowest BCUT2D eigenvalue weighted by Gasteiger charge is -2.06. The molecule has 3 heteroatoms. The minimum Gasteiger partial charge on any atom is -0.393 e. The van der Waals surface area contributed by atoms with Crippen molar-refractivity contribution in [3.8, 4) is 0 Å². The van der Waals surface area contributed by atoms with Crippen molar-refractivity contribution in [2.45, 2.75) is 19.4 Å². The zero-order valence-corrected chi connectivity index (χ0v) is 7.33. The molecule has 0 saturated heterocycles. The van der Waals surface area contributed by atoms with E-state index in [1.807, 2.05) is 0 Å². The lowest BCUT2D eigenvalue weighted by Crippen LogP contribution is -2.06. The molecule has 0 aliphatic rings. The van der Waals surface area contributed by atoms with E-state index >= 15 is 0 Å². The van der Waals surface area contributed by atoms with Crippen molar-refractivity contribution in [2.75, 3.05) is 0 Å². The number of aliphatic hydroxyl groups excluding tert-OH is 1. The summed E-state index contributed by atoms with van der Waals surface area (Å²) in [4.78, 5) is 10.5. The molecule has 0 aliphatic carbocycles. The third kappa shape index (κ3) is 2.63. The van der Waals surface area contributed by atoms with Crippen LogP contribution in [0, 0.1) is 5.82 Å². The molecule has 13 heavy (non-hydrogen) atoms. The lowest BCUT2D eigenvalue weighted by molar-refractivity contribution is 0.112. The number of benzene rings is 1. The van der Waals surface area contributed by atoms with Gasteiger partial charge in [0.15, 0.2) is 0 Å². The number of hydrogen-bond acceptors (Lipinski definition) is 2. The first-order chi connectivity index (χ1) is 6.13. The molecule has 70 valence electrons. The third-order valence-corrected chi connectivity index (χ3v) is 1.75. The maximum Gasteiger partial charge on any atom is 0.150 e. The summed E-state index contributed by atoms with van der Waals surface area (Å²) in [6, 6.07) is 3.97. The van der Waals surface area contributed by atoms with Gasteiger partial charge in [-0.3, -0.25) is 4.79 Å². The van der Waals surface area contributed by atoms with Gasteiger partial charge in [0.2, 0.25) is 0 Å². The molecular weight excluding hydrogens is 171 g/mol. The summed E-state index contributed by atoms with van der Waals surface area (Å²) in [7, 11) is 0. The quantitative estimate of drug-likeness (QED) is 0.720. The van der Waals surface area contributed by atoms with Crippen LogP contribution in [0.3, 0.4) is 0 Å². The van der Waals surface area contributed by atoms with E-state index in [2.05, 4.69) is 0 Å². The van der Waals surface area contributed by atoms with Crippen molar-refractivity contribution >= 4 is 6.29 Å². The van der Waals surface area contributed by atoms with Gasteiger partial charge in [-0.2, -0.15) is 0 Å². The highest BCUT2D eigenvalue weighted by molar-refractivity contribution is 5.77. The van der Waals surface area contributed by atoms with Gasteiger partial charge in [-0.05, 0) is 31.0 Å². The molecule has 1 rings (SSSR count). The second kappa shape index (κ2) is 4.14.